The Morgan fingerprint density at radius 3 is 2.80 bits per heavy atom. The molecule has 0 aliphatic carbocycles. The van der Waals surface area contributed by atoms with Gasteiger partial charge in [-0.05, 0) is 25.7 Å². The molecule has 2 unspecified atom stereocenters. The maximum absolute atomic E-state index is 9.83. The van der Waals surface area contributed by atoms with Crippen LogP contribution in [0.2, 0.25) is 0 Å². The van der Waals surface area contributed by atoms with Gasteiger partial charge in [0, 0.05) is 38.1 Å². The lowest BCUT2D eigenvalue weighted by Crippen LogP contribution is -2.38. The molecule has 116 valence electrons. The summed E-state index contributed by atoms with van der Waals surface area (Å²) < 4.78 is 7.50. The van der Waals surface area contributed by atoms with Crippen LogP contribution in [-0.4, -0.2) is 46.6 Å². The number of aromatic nitrogens is 2. The molecule has 0 amide bonds. The molecule has 20 heavy (non-hydrogen) atoms. The second-order valence-corrected chi connectivity index (χ2v) is 5.83. The zero-order valence-corrected chi connectivity index (χ0v) is 13.0. The Bertz CT molecular complexity index is 328. The van der Waals surface area contributed by atoms with Crippen LogP contribution in [0.25, 0.3) is 0 Å². The third-order valence-electron chi connectivity index (χ3n) is 3.13. The minimum Gasteiger partial charge on any atom is -0.389 e. The number of hydrogen-bond acceptors (Lipinski definition) is 4. The second-order valence-electron chi connectivity index (χ2n) is 5.83. The van der Waals surface area contributed by atoms with Crippen molar-refractivity contribution in [2.45, 2.75) is 52.3 Å². The highest BCUT2D eigenvalue weighted by atomic mass is 16.5. The number of aliphatic hydroxyl groups excluding tert-OH is 1. The van der Waals surface area contributed by atoms with Gasteiger partial charge in [-0.1, -0.05) is 13.8 Å². The summed E-state index contributed by atoms with van der Waals surface area (Å²) in [5.74, 6) is 0.717. The first-order valence-corrected chi connectivity index (χ1v) is 7.53. The summed E-state index contributed by atoms with van der Waals surface area (Å²) in [6.07, 6.45) is 7.30. The van der Waals surface area contributed by atoms with Crippen LogP contribution in [0.15, 0.2) is 18.7 Å². The van der Waals surface area contributed by atoms with Gasteiger partial charge in [0.15, 0.2) is 0 Å². The Kier molecular flexibility index (Phi) is 8.49. The summed E-state index contributed by atoms with van der Waals surface area (Å²) >= 11 is 0. The predicted octanol–water partition coefficient (Wildman–Crippen LogP) is 1.67. The number of nitrogens with one attached hydrogen (secondary N) is 1. The molecule has 0 fully saturated rings. The van der Waals surface area contributed by atoms with Crippen molar-refractivity contribution in [1.29, 1.82) is 0 Å². The van der Waals surface area contributed by atoms with Crippen molar-refractivity contribution in [3.8, 4) is 0 Å². The number of ether oxygens (including phenoxy) is 1. The molecule has 0 saturated heterocycles. The van der Waals surface area contributed by atoms with Crippen LogP contribution in [0.3, 0.4) is 0 Å². The summed E-state index contributed by atoms with van der Waals surface area (Å²) in [6, 6.07) is 0.291. The summed E-state index contributed by atoms with van der Waals surface area (Å²) in [6.45, 7) is 9.06. The number of rotatable bonds is 11. The maximum Gasteiger partial charge on any atom is 0.0946 e. The van der Waals surface area contributed by atoms with Crippen molar-refractivity contribution >= 4 is 0 Å². The van der Waals surface area contributed by atoms with Crippen molar-refractivity contribution < 1.29 is 9.84 Å². The van der Waals surface area contributed by atoms with E-state index >= 15 is 0 Å². The van der Waals surface area contributed by atoms with Crippen LogP contribution in [0.1, 0.15) is 33.6 Å². The van der Waals surface area contributed by atoms with Gasteiger partial charge in [-0.25, -0.2) is 4.98 Å². The van der Waals surface area contributed by atoms with Crippen LogP contribution in [0, 0.1) is 5.92 Å². The lowest BCUT2D eigenvalue weighted by Gasteiger charge is -2.17. The predicted molar refractivity (Wildman–Crippen MR) is 80.6 cm³/mol. The van der Waals surface area contributed by atoms with E-state index in [1.165, 1.54) is 6.42 Å². The topological polar surface area (TPSA) is 59.3 Å². The van der Waals surface area contributed by atoms with Crippen molar-refractivity contribution in [2.75, 3.05) is 19.8 Å². The van der Waals surface area contributed by atoms with Crippen LogP contribution in [0.5, 0.6) is 0 Å². The van der Waals surface area contributed by atoms with E-state index in [0.717, 1.165) is 19.6 Å². The summed E-state index contributed by atoms with van der Waals surface area (Å²) in [4.78, 5) is 4.01. The molecule has 5 nitrogen and oxygen atoms in total. The van der Waals surface area contributed by atoms with Crippen LogP contribution in [0.4, 0.5) is 0 Å². The molecule has 0 spiro atoms. The molecule has 5 heteroatoms. The van der Waals surface area contributed by atoms with E-state index in [2.05, 4.69) is 31.1 Å². The lowest BCUT2D eigenvalue weighted by atomic mass is 10.1. The Morgan fingerprint density at radius 2 is 2.15 bits per heavy atom. The minimum atomic E-state index is -0.445. The lowest BCUT2D eigenvalue weighted by molar-refractivity contribution is 0.0335. The second kappa shape index (κ2) is 9.91. The summed E-state index contributed by atoms with van der Waals surface area (Å²) in [7, 11) is 0. The zero-order valence-electron chi connectivity index (χ0n) is 13.0. The molecular weight excluding hydrogens is 254 g/mol. The van der Waals surface area contributed by atoms with Gasteiger partial charge in [-0.3, -0.25) is 0 Å². The van der Waals surface area contributed by atoms with Gasteiger partial charge in [0.05, 0.1) is 19.0 Å². The molecule has 1 rings (SSSR count). The normalized spacial score (nSPS) is 14.7. The molecule has 0 bridgehead atoms. The van der Waals surface area contributed by atoms with Crippen molar-refractivity contribution in [3.05, 3.63) is 18.7 Å². The first-order valence-electron chi connectivity index (χ1n) is 7.53. The van der Waals surface area contributed by atoms with E-state index < -0.39 is 6.10 Å². The first kappa shape index (κ1) is 17.1. The fourth-order valence-corrected chi connectivity index (χ4v) is 1.98. The van der Waals surface area contributed by atoms with Crippen molar-refractivity contribution in [2.24, 2.45) is 5.92 Å². The number of nitrogens with zero attached hydrogens (tertiary/aromatic N) is 2. The van der Waals surface area contributed by atoms with Crippen molar-refractivity contribution in [3.63, 3.8) is 0 Å². The maximum atomic E-state index is 9.83. The van der Waals surface area contributed by atoms with E-state index in [0.29, 0.717) is 25.1 Å². The quantitative estimate of drug-likeness (QED) is 0.607. The molecule has 0 radical (unpaired) electrons. The van der Waals surface area contributed by atoms with E-state index in [1.807, 2.05) is 10.8 Å². The van der Waals surface area contributed by atoms with Crippen LogP contribution < -0.4 is 5.32 Å². The number of imidazole rings is 1. The van der Waals surface area contributed by atoms with Gasteiger partial charge in [0.25, 0.3) is 0 Å². The SMILES string of the molecule is CC(C)CCCOCC(O)CNC(C)Cn1ccnc1. The fraction of sp³-hybridized carbons (Fsp3) is 0.800. The van der Waals surface area contributed by atoms with Gasteiger partial charge in [-0.2, -0.15) is 0 Å². The minimum absolute atomic E-state index is 0.291. The number of hydrogen-bond donors (Lipinski definition) is 2. The molecular formula is C15H29N3O2. The first-order chi connectivity index (χ1) is 9.58. The largest absolute Gasteiger partial charge is 0.389 e. The van der Waals surface area contributed by atoms with E-state index in [9.17, 15) is 5.11 Å². The van der Waals surface area contributed by atoms with Gasteiger partial charge < -0.3 is 19.7 Å². The van der Waals surface area contributed by atoms with Gasteiger partial charge in [0.1, 0.15) is 0 Å². The Balaban J connectivity index is 2.00. The molecule has 1 heterocycles. The summed E-state index contributed by atoms with van der Waals surface area (Å²) in [5.41, 5.74) is 0. The van der Waals surface area contributed by atoms with Crippen LogP contribution in [-0.2, 0) is 11.3 Å². The van der Waals surface area contributed by atoms with Crippen molar-refractivity contribution in [1.82, 2.24) is 14.9 Å². The molecule has 2 atom stereocenters. The number of aliphatic hydroxyl groups is 1. The van der Waals surface area contributed by atoms with Gasteiger partial charge in [-0.15, -0.1) is 0 Å². The molecule has 0 saturated carbocycles. The molecule has 2 N–H and O–H groups in total. The zero-order chi connectivity index (χ0) is 14.8. The Hall–Kier alpha value is -0.910. The molecule has 0 aromatic carbocycles. The average molecular weight is 283 g/mol. The molecule has 1 aromatic heterocycles. The molecule has 1 aromatic rings. The monoisotopic (exact) mass is 283 g/mol. The third-order valence-corrected chi connectivity index (χ3v) is 3.13. The van der Waals surface area contributed by atoms with Crippen LogP contribution >= 0.6 is 0 Å². The highest BCUT2D eigenvalue weighted by molar-refractivity contribution is 4.76. The third kappa shape index (κ3) is 8.30. The Morgan fingerprint density at radius 1 is 1.35 bits per heavy atom. The van der Waals surface area contributed by atoms with Gasteiger partial charge >= 0.3 is 0 Å². The Labute approximate surface area is 122 Å². The standard InChI is InChI=1S/C15H29N3O2/c1-13(2)5-4-8-20-11-15(19)9-17-14(3)10-18-7-6-16-12-18/h6-7,12-15,17,19H,4-5,8-11H2,1-3H3. The molecule has 0 aliphatic rings. The van der Waals surface area contributed by atoms with E-state index in [4.69, 9.17) is 4.74 Å². The molecule has 0 aliphatic heterocycles. The van der Waals surface area contributed by atoms with E-state index in [-0.39, 0.29) is 0 Å². The smallest absolute Gasteiger partial charge is 0.0946 e. The fourth-order valence-electron chi connectivity index (χ4n) is 1.98. The van der Waals surface area contributed by atoms with E-state index in [1.54, 1.807) is 12.5 Å². The highest BCUT2D eigenvalue weighted by Gasteiger charge is 2.07. The highest BCUT2D eigenvalue weighted by Crippen LogP contribution is 2.03. The average Bonchev–Trinajstić information content (AvgIpc) is 2.88. The summed E-state index contributed by atoms with van der Waals surface area (Å²) in [5, 5.41) is 13.1. The van der Waals surface area contributed by atoms with Gasteiger partial charge in [0.2, 0.25) is 0 Å².